The van der Waals surface area contributed by atoms with Crippen molar-refractivity contribution in [2.45, 2.75) is 6.92 Å². The van der Waals surface area contributed by atoms with Gasteiger partial charge in [0.1, 0.15) is 0 Å². The van der Waals surface area contributed by atoms with Gasteiger partial charge >= 0.3 is 0 Å². The molecule has 0 aliphatic heterocycles. The summed E-state index contributed by atoms with van der Waals surface area (Å²) < 4.78 is 0. The van der Waals surface area contributed by atoms with Crippen LogP contribution in [0.3, 0.4) is 0 Å². The summed E-state index contributed by atoms with van der Waals surface area (Å²) in [4.78, 5) is 6.73. The lowest BCUT2D eigenvalue weighted by Crippen LogP contribution is -2.10. The van der Waals surface area contributed by atoms with Crippen LogP contribution in [0.4, 0.5) is 17.1 Å². The van der Waals surface area contributed by atoms with Crippen molar-refractivity contribution in [1.82, 2.24) is 0 Å². The molecule has 0 radical (unpaired) electrons. The van der Waals surface area contributed by atoms with Crippen molar-refractivity contribution < 1.29 is 0 Å². The maximum Gasteiger partial charge on any atom is 0.0473 e. The van der Waals surface area contributed by atoms with Crippen LogP contribution < -0.4 is 4.90 Å². The molecule has 11 aromatic rings. The standard InChI is InChI=1S/C65H46N2/c1-43-18-14-24-47(36-43)50-38-51(48-25-15-19-44(37-48)42-66-2)41-54(40-50)67(52-27-10-5-11-28-52)53-29-16-26-49(39-53)55-34-35-60-63-56(55)32-17-33-59(63)64-61(45-20-6-3-7-21-45)57-30-12-13-31-58(57)62(65(60)64)46-22-8-4-9-23-46/h3-42H,1-2H3/b66-42+. The van der Waals surface area contributed by atoms with Crippen LogP contribution in [0.25, 0.3) is 99.4 Å². The van der Waals surface area contributed by atoms with Gasteiger partial charge in [-0.3, -0.25) is 4.99 Å². The number of hydrogen-bond donors (Lipinski definition) is 0. The molecule has 2 heteroatoms. The number of anilines is 3. The van der Waals surface area contributed by atoms with Crippen LogP contribution in [0.5, 0.6) is 0 Å². The normalized spacial score (nSPS) is 11.7. The summed E-state index contributed by atoms with van der Waals surface area (Å²) in [7, 11) is 1.82. The molecule has 12 rings (SSSR count). The zero-order valence-corrected chi connectivity index (χ0v) is 37.5. The lowest BCUT2D eigenvalue weighted by molar-refractivity contribution is 1.28. The molecule has 0 bridgehead atoms. The van der Waals surface area contributed by atoms with Gasteiger partial charge in [-0.2, -0.15) is 0 Å². The van der Waals surface area contributed by atoms with Crippen molar-refractivity contribution in [2.24, 2.45) is 4.99 Å². The van der Waals surface area contributed by atoms with Gasteiger partial charge in [-0.25, -0.2) is 0 Å². The maximum absolute atomic E-state index is 4.33. The molecule has 2 nitrogen and oxygen atoms in total. The smallest absolute Gasteiger partial charge is 0.0473 e. The molecule has 316 valence electrons. The van der Waals surface area contributed by atoms with Crippen LogP contribution in [0.15, 0.2) is 242 Å². The first-order chi connectivity index (χ1) is 33.1. The van der Waals surface area contributed by atoms with Crippen molar-refractivity contribution in [3.8, 4) is 77.9 Å². The fraction of sp³-hybridized carbons (Fsp3) is 0.0308. The number of para-hydroxylation sites is 1. The predicted octanol–water partition coefficient (Wildman–Crippen LogP) is 17.8. The highest BCUT2D eigenvalue weighted by atomic mass is 15.1. The van der Waals surface area contributed by atoms with Crippen LogP contribution in [0.2, 0.25) is 0 Å². The number of hydrogen-bond acceptors (Lipinski definition) is 2. The molecular weight excluding hydrogens is 809 g/mol. The fourth-order valence-corrected chi connectivity index (χ4v) is 10.5. The number of aliphatic imine (C=N–C) groups is 1. The molecule has 0 unspecified atom stereocenters. The summed E-state index contributed by atoms with van der Waals surface area (Å²) in [5.74, 6) is 0. The van der Waals surface area contributed by atoms with Crippen LogP contribution >= 0.6 is 0 Å². The Labute approximate surface area is 392 Å². The molecule has 0 saturated heterocycles. The highest BCUT2D eigenvalue weighted by Gasteiger charge is 2.31. The first-order valence-electron chi connectivity index (χ1n) is 23.1. The summed E-state index contributed by atoms with van der Waals surface area (Å²) in [5, 5.41) is 5.08. The SMILES string of the molecule is C/N=C/c1cccc(-c2cc(-c3cccc(C)c3)cc(N(c3ccccc3)c3cccc(-c4ccc5c6c(cccc46)-c4c-5c(-c5ccccc5)c5ccccc5c4-c4ccccc4)c3)c2)c1. The molecule has 0 amide bonds. The van der Waals surface area contributed by atoms with E-state index in [1.165, 1.54) is 82.7 Å². The number of benzene rings is 11. The quantitative estimate of drug-likeness (QED) is 0.132. The van der Waals surface area contributed by atoms with E-state index in [4.69, 9.17) is 0 Å². The van der Waals surface area contributed by atoms with Crippen molar-refractivity contribution in [2.75, 3.05) is 11.9 Å². The Balaban J connectivity index is 1.07. The molecule has 0 fully saturated rings. The van der Waals surface area contributed by atoms with Crippen LogP contribution in [-0.4, -0.2) is 13.3 Å². The molecule has 1 aliphatic carbocycles. The lowest BCUT2D eigenvalue weighted by atomic mass is 9.82. The summed E-state index contributed by atoms with van der Waals surface area (Å²) in [5.41, 5.74) is 22.8. The van der Waals surface area contributed by atoms with E-state index in [0.717, 1.165) is 44.9 Å². The summed E-state index contributed by atoms with van der Waals surface area (Å²) in [6, 6.07) is 86.9. The molecule has 0 atom stereocenters. The van der Waals surface area contributed by atoms with E-state index in [1.807, 2.05) is 13.3 Å². The number of aryl methyl sites for hydroxylation is 1. The summed E-state index contributed by atoms with van der Waals surface area (Å²) >= 11 is 0. The van der Waals surface area contributed by atoms with Gasteiger partial charge < -0.3 is 4.90 Å². The van der Waals surface area contributed by atoms with Gasteiger partial charge in [-0.05, 0) is 160 Å². The number of fused-ring (bicyclic) bond motifs is 4. The van der Waals surface area contributed by atoms with Gasteiger partial charge in [0.15, 0.2) is 0 Å². The maximum atomic E-state index is 4.33. The van der Waals surface area contributed by atoms with Gasteiger partial charge in [0, 0.05) is 30.3 Å². The predicted molar refractivity (Wildman–Crippen MR) is 286 cm³/mol. The Kier molecular flexibility index (Phi) is 9.99. The third-order valence-corrected chi connectivity index (χ3v) is 13.4. The van der Waals surface area contributed by atoms with Crippen molar-refractivity contribution in [3.63, 3.8) is 0 Å². The molecular formula is C65H46N2. The van der Waals surface area contributed by atoms with E-state index < -0.39 is 0 Å². The van der Waals surface area contributed by atoms with Crippen molar-refractivity contribution in [1.29, 1.82) is 0 Å². The minimum Gasteiger partial charge on any atom is -0.310 e. The first-order valence-corrected chi connectivity index (χ1v) is 23.1. The highest BCUT2D eigenvalue weighted by Crippen LogP contribution is 2.58. The van der Waals surface area contributed by atoms with Gasteiger partial charge in [0.2, 0.25) is 0 Å². The van der Waals surface area contributed by atoms with Gasteiger partial charge in [-0.1, -0.05) is 194 Å². The Morgan fingerprint density at radius 3 is 1.48 bits per heavy atom. The van der Waals surface area contributed by atoms with Gasteiger partial charge in [0.05, 0.1) is 0 Å². The molecule has 0 spiro atoms. The molecule has 67 heavy (non-hydrogen) atoms. The topological polar surface area (TPSA) is 15.6 Å². The molecule has 0 N–H and O–H groups in total. The second kappa shape index (κ2) is 16.8. The Morgan fingerprint density at radius 1 is 0.328 bits per heavy atom. The van der Waals surface area contributed by atoms with Crippen molar-refractivity contribution in [3.05, 3.63) is 248 Å². The zero-order valence-electron chi connectivity index (χ0n) is 37.5. The van der Waals surface area contributed by atoms with Crippen LogP contribution in [-0.2, 0) is 0 Å². The minimum atomic E-state index is 1.07. The second-order valence-corrected chi connectivity index (χ2v) is 17.5. The van der Waals surface area contributed by atoms with Crippen LogP contribution in [0, 0.1) is 6.92 Å². The average Bonchev–Trinajstić information content (AvgIpc) is 3.71. The zero-order chi connectivity index (χ0) is 44.8. The van der Waals surface area contributed by atoms with E-state index in [9.17, 15) is 0 Å². The number of nitrogens with zero attached hydrogens (tertiary/aromatic N) is 2. The Morgan fingerprint density at radius 2 is 0.821 bits per heavy atom. The number of rotatable bonds is 9. The summed E-state index contributed by atoms with van der Waals surface area (Å²) in [6.07, 6.45) is 1.92. The van der Waals surface area contributed by atoms with E-state index in [-0.39, 0.29) is 0 Å². The fourth-order valence-electron chi connectivity index (χ4n) is 10.5. The van der Waals surface area contributed by atoms with Crippen LogP contribution in [0.1, 0.15) is 11.1 Å². The summed E-state index contributed by atoms with van der Waals surface area (Å²) in [6.45, 7) is 2.16. The average molecular weight is 855 g/mol. The second-order valence-electron chi connectivity index (χ2n) is 17.5. The Hall–Kier alpha value is -8.59. The third-order valence-electron chi connectivity index (χ3n) is 13.4. The third kappa shape index (κ3) is 7.02. The van der Waals surface area contributed by atoms with Crippen molar-refractivity contribution >= 4 is 44.8 Å². The molecule has 0 heterocycles. The van der Waals surface area contributed by atoms with Gasteiger partial charge in [0.25, 0.3) is 0 Å². The Bertz CT molecular complexity index is 3610. The lowest BCUT2D eigenvalue weighted by Gasteiger charge is -2.27. The van der Waals surface area contributed by atoms with E-state index in [0.29, 0.717) is 0 Å². The van der Waals surface area contributed by atoms with E-state index in [2.05, 4.69) is 253 Å². The minimum absolute atomic E-state index is 1.07. The van der Waals surface area contributed by atoms with Gasteiger partial charge in [-0.15, -0.1) is 0 Å². The first kappa shape index (κ1) is 40.0. The molecule has 1 aliphatic rings. The molecule has 11 aromatic carbocycles. The molecule has 0 aromatic heterocycles. The largest absolute Gasteiger partial charge is 0.310 e. The van der Waals surface area contributed by atoms with E-state index in [1.54, 1.807) is 0 Å². The molecule has 0 saturated carbocycles. The van der Waals surface area contributed by atoms with E-state index >= 15 is 0 Å². The monoisotopic (exact) mass is 854 g/mol. The highest BCUT2D eigenvalue weighted by molar-refractivity contribution is 6.28.